The molecular formula is C7H9F3O2. The number of carbonyl (C=O) groups is 1. The molecule has 0 aromatic heterocycles. The van der Waals surface area contributed by atoms with Crippen LogP contribution >= 0.6 is 0 Å². The van der Waals surface area contributed by atoms with E-state index in [0.29, 0.717) is 6.42 Å². The quantitative estimate of drug-likeness (QED) is 0.579. The highest BCUT2D eigenvalue weighted by Crippen LogP contribution is 2.36. The number of hydrogen-bond donors (Lipinski definition) is 0. The predicted molar refractivity (Wildman–Crippen MR) is 34.3 cm³/mol. The van der Waals surface area contributed by atoms with E-state index in [-0.39, 0.29) is 6.42 Å². The molecule has 1 heterocycles. The summed E-state index contributed by atoms with van der Waals surface area (Å²) in [6.07, 6.45) is -4.78. The lowest BCUT2D eigenvalue weighted by Crippen LogP contribution is -2.26. The van der Waals surface area contributed by atoms with Gasteiger partial charge in [0.25, 0.3) is 0 Å². The van der Waals surface area contributed by atoms with Crippen molar-refractivity contribution in [2.24, 2.45) is 5.92 Å². The second-order valence-corrected chi connectivity index (χ2v) is 2.80. The van der Waals surface area contributed by atoms with E-state index in [1.165, 1.54) is 0 Å². The summed E-state index contributed by atoms with van der Waals surface area (Å²) in [6.45, 7) is 1.69. The van der Waals surface area contributed by atoms with Gasteiger partial charge in [-0.15, -0.1) is 0 Å². The van der Waals surface area contributed by atoms with Gasteiger partial charge in [-0.1, -0.05) is 6.92 Å². The van der Waals surface area contributed by atoms with Crippen LogP contribution in [0.1, 0.15) is 19.8 Å². The Bertz CT molecular complexity index is 188. The zero-order valence-corrected chi connectivity index (χ0v) is 6.52. The van der Waals surface area contributed by atoms with E-state index in [1.807, 2.05) is 0 Å². The molecule has 2 nitrogen and oxygen atoms in total. The molecule has 0 aliphatic carbocycles. The van der Waals surface area contributed by atoms with Crippen LogP contribution in [0.4, 0.5) is 13.2 Å². The molecule has 70 valence electrons. The molecule has 0 amide bonds. The summed E-state index contributed by atoms with van der Waals surface area (Å²) in [7, 11) is 0. The third-order valence-corrected chi connectivity index (χ3v) is 1.92. The van der Waals surface area contributed by atoms with E-state index in [0.717, 1.165) is 0 Å². The van der Waals surface area contributed by atoms with Crippen LogP contribution in [0.25, 0.3) is 0 Å². The second kappa shape index (κ2) is 2.95. The average molecular weight is 182 g/mol. The Hall–Kier alpha value is -0.740. The second-order valence-electron chi connectivity index (χ2n) is 2.80. The Morgan fingerprint density at radius 1 is 1.58 bits per heavy atom. The van der Waals surface area contributed by atoms with Crippen LogP contribution < -0.4 is 0 Å². The van der Waals surface area contributed by atoms with E-state index in [2.05, 4.69) is 4.74 Å². The Morgan fingerprint density at radius 2 is 2.17 bits per heavy atom. The van der Waals surface area contributed by atoms with Crippen molar-refractivity contribution < 1.29 is 22.7 Å². The fraction of sp³-hybridized carbons (Fsp3) is 0.857. The van der Waals surface area contributed by atoms with E-state index in [9.17, 15) is 18.0 Å². The molecule has 0 unspecified atom stereocenters. The monoisotopic (exact) mass is 182 g/mol. The van der Waals surface area contributed by atoms with Gasteiger partial charge >= 0.3 is 12.1 Å². The van der Waals surface area contributed by atoms with E-state index < -0.39 is 24.2 Å². The lowest BCUT2D eigenvalue weighted by molar-refractivity contribution is -0.185. The van der Waals surface area contributed by atoms with Crippen LogP contribution in [0.2, 0.25) is 0 Å². The third-order valence-electron chi connectivity index (χ3n) is 1.92. The maximum atomic E-state index is 12.0. The highest BCUT2D eigenvalue weighted by atomic mass is 19.4. The number of cyclic esters (lactones) is 1. The van der Waals surface area contributed by atoms with Gasteiger partial charge in [0.05, 0.1) is 0 Å². The Balaban J connectivity index is 2.64. The largest absolute Gasteiger partial charge is 0.462 e. The highest BCUT2D eigenvalue weighted by molar-refractivity contribution is 5.75. The molecule has 0 saturated carbocycles. The molecule has 12 heavy (non-hydrogen) atoms. The number of esters is 1. The molecule has 0 spiro atoms. The van der Waals surface area contributed by atoms with E-state index >= 15 is 0 Å². The van der Waals surface area contributed by atoms with Gasteiger partial charge in [-0.3, -0.25) is 4.79 Å². The van der Waals surface area contributed by atoms with Gasteiger partial charge in [0.2, 0.25) is 0 Å². The van der Waals surface area contributed by atoms with Crippen LogP contribution in [0, 0.1) is 5.92 Å². The molecular weight excluding hydrogens is 173 g/mol. The molecule has 0 radical (unpaired) electrons. The molecule has 5 heteroatoms. The van der Waals surface area contributed by atoms with Gasteiger partial charge in [-0.05, 0) is 6.42 Å². The molecule has 1 fully saturated rings. The zero-order valence-electron chi connectivity index (χ0n) is 6.52. The van der Waals surface area contributed by atoms with Crippen molar-refractivity contribution in [2.75, 3.05) is 0 Å². The fourth-order valence-corrected chi connectivity index (χ4v) is 1.17. The minimum absolute atomic E-state index is 0.223. The number of hydrogen-bond acceptors (Lipinski definition) is 2. The average Bonchev–Trinajstić information content (AvgIpc) is 2.29. The summed E-state index contributed by atoms with van der Waals surface area (Å²) >= 11 is 0. The first-order chi connectivity index (χ1) is 5.45. The first-order valence-corrected chi connectivity index (χ1v) is 3.72. The van der Waals surface area contributed by atoms with Crippen LogP contribution in [-0.4, -0.2) is 18.2 Å². The van der Waals surface area contributed by atoms with Crippen LogP contribution in [0.15, 0.2) is 0 Å². The lowest BCUT2D eigenvalue weighted by atomic mass is 10.0. The lowest BCUT2D eigenvalue weighted by Gasteiger charge is -2.09. The maximum absolute atomic E-state index is 12.0. The number of rotatable bonds is 1. The van der Waals surface area contributed by atoms with Crippen LogP contribution in [-0.2, 0) is 9.53 Å². The van der Waals surface area contributed by atoms with Crippen LogP contribution in [0.5, 0.6) is 0 Å². The summed E-state index contributed by atoms with van der Waals surface area (Å²) in [4.78, 5) is 10.6. The zero-order chi connectivity index (χ0) is 9.35. The van der Waals surface area contributed by atoms with Crippen molar-refractivity contribution in [1.82, 2.24) is 0 Å². The molecule has 0 aromatic carbocycles. The summed E-state index contributed by atoms with van der Waals surface area (Å²) in [5.74, 6) is -3.03. The van der Waals surface area contributed by atoms with Gasteiger partial charge in [0.1, 0.15) is 6.10 Å². The topological polar surface area (TPSA) is 26.3 Å². The van der Waals surface area contributed by atoms with Crippen molar-refractivity contribution in [1.29, 1.82) is 0 Å². The molecule has 0 bridgehead atoms. The molecule has 1 rings (SSSR count). The van der Waals surface area contributed by atoms with Gasteiger partial charge in [0, 0.05) is 6.42 Å². The Kier molecular flexibility index (Phi) is 2.30. The summed E-state index contributed by atoms with van der Waals surface area (Å²) in [5, 5.41) is 0. The summed E-state index contributed by atoms with van der Waals surface area (Å²) < 4.78 is 40.6. The molecule has 1 saturated heterocycles. The van der Waals surface area contributed by atoms with Crippen molar-refractivity contribution in [3.8, 4) is 0 Å². The number of carbonyl (C=O) groups excluding carboxylic acids is 1. The molecule has 0 N–H and O–H groups in total. The van der Waals surface area contributed by atoms with Gasteiger partial charge < -0.3 is 4.74 Å². The number of halogens is 3. The molecule has 2 atom stereocenters. The normalized spacial score (nSPS) is 30.5. The first-order valence-electron chi connectivity index (χ1n) is 3.72. The molecule has 1 aliphatic heterocycles. The van der Waals surface area contributed by atoms with Crippen molar-refractivity contribution in [2.45, 2.75) is 32.0 Å². The number of alkyl halides is 3. The van der Waals surface area contributed by atoms with Gasteiger partial charge in [-0.2, -0.15) is 13.2 Å². The Morgan fingerprint density at radius 3 is 2.42 bits per heavy atom. The summed E-state index contributed by atoms with van der Waals surface area (Å²) in [5.41, 5.74) is 0. The standard InChI is InChI=1S/C7H9F3O2/c1-2-4-3-5(6(11)12-4)7(8,9)10/h4-5H,2-3H2,1H3/t4-,5-/m1/s1. The van der Waals surface area contributed by atoms with E-state index in [4.69, 9.17) is 0 Å². The highest BCUT2D eigenvalue weighted by Gasteiger charge is 2.51. The maximum Gasteiger partial charge on any atom is 0.402 e. The van der Waals surface area contributed by atoms with Gasteiger partial charge in [-0.25, -0.2) is 0 Å². The predicted octanol–water partition coefficient (Wildman–Crippen LogP) is 1.89. The van der Waals surface area contributed by atoms with Crippen LogP contribution in [0.3, 0.4) is 0 Å². The fourth-order valence-electron chi connectivity index (χ4n) is 1.17. The first kappa shape index (κ1) is 9.35. The Labute approximate surface area is 67.7 Å². The molecule has 0 aromatic rings. The van der Waals surface area contributed by atoms with Crippen molar-refractivity contribution in [3.63, 3.8) is 0 Å². The van der Waals surface area contributed by atoms with Crippen molar-refractivity contribution >= 4 is 5.97 Å². The summed E-state index contributed by atoms with van der Waals surface area (Å²) in [6, 6.07) is 0. The SMILES string of the molecule is CC[C@@H]1C[C@@H](C(F)(F)F)C(=O)O1. The van der Waals surface area contributed by atoms with Gasteiger partial charge in [0.15, 0.2) is 5.92 Å². The third kappa shape index (κ3) is 1.70. The van der Waals surface area contributed by atoms with E-state index in [1.54, 1.807) is 6.92 Å². The number of ether oxygens (including phenoxy) is 1. The smallest absolute Gasteiger partial charge is 0.402 e. The minimum atomic E-state index is -4.44. The van der Waals surface area contributed by atoms with Crippen molar-refractivity contribution in [3.05, 3.63) is 0 Å². The minimum Gasteiger partial charge on any atom is -0.462 e. The molecule has 1 aliphatic rings.